The molecule has 0 saturated heterocycles. The fraction of sp³-hybridized carbons (Fsp3) is 0.548. The summed E-state index contributed by atoms with van der Waals surface area (Å²) in [7, 11) is 0. The monoisotopic (exact) mass is 1360 g/mol. The van der Waals surface area contributed by atoms with Gasteiger partial charge in [-0.05, 0) is 194 Å². The largest absolute Gasteiger partial charge is 0.444 e. The number of hydrogen-bond acceptors (Lipinski definition) is 13. The van der Waals surface area contributed by atoms with E-state index in [9.17, 15) is 47.5 Å². The van der Waals surface area contributed by atoms with Crippen LogP contribution in [0.3, 0.4) is 0 Å². The molecular weight excluding hydrogens is 1250 g/mol. The summed E-state index contributed by atoms with van der Waals surface area (Å²) in [5.74, 6) is -0.616. The van der Waals surface area contributed by atoms with Crippen molar-refractivity contribution in [1.29, 1.82) is 0 Å². The van der Waals surface area contributed by atoms with E-state index >= 15 is 0 Å². The van der Waals surface area contributed by atoms with Gasteiger partial charge in [0.25, 0.3) is 29.5 Å². The molecule has 10 rings (SSSR count). The smallest absolute Gasteiger partial charge is 0.410 e. The second-order valence-corrected chi connectivity index (χ2v) is 27.2. The van der Waals surface area contributed by atoms with Crippen LogP contribution in [0.4, 0.5) is 19.7 Å². The zero-order valence-electron chi connectivity index (χ0n) is 60.1. The molecule has 4 aromatic heterocycles. The molecule has 5 aromatic rings. The Kier molecular flexibility index (Phi) is 27.0. The number of halogens is 1. The van der Waals surface area contributed by atoms with Crippen molar-refractivity contribution < 1.29 is 57.0 Å². The summed E-state index contributed by atoms with van der Waals surface area (Å²) in [4.78, 5) is 134. The van der Waals surface area contributed by atoms with Crippen LogP contribution in [0.25, 0.3) is 11.6 Å². The molecule has 9 heterocycles. The number of aryl methyl sites for hydroxylation is 5. The van der Waals surface area contributed by atoms with E-state index in [-0.39, 0.29) is 41.7 Å². The van der Waals surface area contributed by atoms with E-state index in [1.807, 2.05) is 104 Å². The second kappa shape index (κ2) is 34.6. The van der Waals surface area contributed by atoms with Crippen LogP contribution in [0.5, 0.6) is 0 Å². The van der Waals surface area contributed by atoms with Crippen LogP contribution < -0.4 is 16.0 Å². The predicted octanol–water partition coefficient (Wildman–Crippen LogP) is 9.84. The molecule has 25 heteroatoms. The Balaban J connectivity index is 0.000000186. The van der Waals surface area contributed by atoms with E-state index in [0.29, 0.717) is 116 Å². The van der Waals surface area contributed by atoms with Gasteiger partial charge in [0.1, 0.15) is 17.0 Å². The Hall–Kier alpha value is -8.84. The molecular formula is C73H104FN13O11. The fourth-order valence-corrected chi connectivity index (χ4v) is 12.7. The van der Waals surface area contributed by atoms with Gasteiger partial charge in [-0.15, -0.1) is 0 Å². The summed E-state index contributed by atoms with van der Waals surface area (Å²) in [5, 5.41) is 9.26. The van der Waals surface area contributed by atoms with Crippen molar-refractivity contribution in [3.63, 3.8) is 0 Å². The molecule has 0 aliphatic carbocycles. The van der Waals surface area contributed by atoms with E-state index in [1.165, 1.54) is 12.1 Å². The van der Waals surface area contributed by atoms with E-state index in [0.717, 1.165) is 154 Å². The Morgan fingerprint density at radius 2 is 0.949 bits per heavy atom. The Bertz CT molecular complexity index is 3710. The standard InChI is InChI=1S/C22H25FN4O2.C19H29N3O4.C18H29N3O3.C14H21N3O2/c1-3-24-8-10-27-9-4-5-18-20(22(27)29)13(2)19(25-18)12-16-15-11-14(23)6-7-17(15)26-21(16)28;1-6-21(18(25)26-19(3,4)5)10-11-22-9-7-8-14-16(17(22)24)13(2)15(12-23)20-14;1-6-20(17(23)24-18(3,4)5)10-11-21-9-7-8-14-15(16(21)22)13(2)12-19-14;1-3-15-6-8-17-7-4-5-11-13(14(17)19)10(2)12(9-18)16-11/h6-7,11-12,24-25H,3-5,8-10H2,1-2H3,(H,26,28);12,20H,6-11H2,1-5H3;12,19H,6-11H2,1-5H3;9,15-16H,3-8H2,1-2H3/b16-12-;;;. The zero-order chi connectivity index (χ0) is 71.8. The molecule has 7 amide bonds. The highest BCUT2D eigenvalue weighted by molar-refractivity contribution is 6.35. The van der Waals surface area contributed by atoms with E-state index in [2.05, 4.69) is 42.8 Å². The van der Waals surface area contributed by atoms with Crippen LogP contribution in [-0.2, 0) is 40.0 Å². The summed E-state index contributed by atoms with van der Waals surface area (Å²) in [6.07, 6.45) is 11.2. The molecule has 0 spiro atoms. The number of anilines is 1. The number of ether oxygens (including phenoxy) is 2. The first-order valence-electron chi connectivity index (χ1n) is 34.7. The quantitative estimate of drug-likeness (QED) is 0.0230. The maximum Gasteiger partial charge on any atom is 0.410 e. The zero-order valence-corrected chi connectivity index (χ0v) is 60.1. The molecule has 0 radical (unpaired) electrons. The average Bonchev–Trinajstić information content (AvgIpc) is 1.70. The predicted molar refractivity (Wildman–Crippen MR) is 377 cm³/mol. The molecule has 0 saturated carbocycles. The van der Waals surface area contributed by atoms with Crippen LogP contribution in [0.15, 0.2) is 24.4 Å². The van der Waals surface area contributed by atoms with Crippen LogP contribution in [0.1, 0.15) is 214 Å². The number of likely N-dealkylation sites (N-methyl/N-ethyl adjacent to an activating group) is 4. The first-order chi connectivity index (χ1) is 46.6. The van der Waals surface area contributed by atoms with Crippen LogP contribution in [0, 0.1) is 33.5 Å². The number of carbonyl (C=O) groups excluding carboxylic acids is 9. The summed E-state index contributed by atoms with van der Waals surface area (Å²) in [6, 6.07) is 4.24. The first kappa shape index (κ1) is 76.5. The lowest BCUT2D eigenvalue weighted by Gasteiger charge is -2.29. The molecule has 0 atom stereocenters. The van der Waals surface area contributed by atoms with Crippen molar-refractivity contribution >= 4 is 71.6 Å². The molecule has 24 nitrogen and oxygen atoms in total. The third-order valence-corrected chi connectivity index (χ3v) is 17.9. The van der Waals surface area contributed by atoms with Gasteiger partial charge in [-0.25, -0.2) is 14.0 Å². The number of aromatic amines is 4. The highest BCUT2D eigenvalue weighted by Crippen LogP contribution is 2.36. The number of H-pyrrole nitrogens is 4. The van der Waals surface area contributed by atoms with E-state index in [1.54, 1.807) is 33.8 Å². The molecule has 1 aromatic carbocycles. The van der Waals surface area contributed by atoms with Gasteiger partial charge in [0.15, 0.2) is 12.6 Å². The third kappa shape index (κ3) is 19.3. The van der Waals surface area contributed by atoms with Gasteiger partial charge in [0.05, 0.1) is 39.2 Å². The minimum atomic E-state index is -0.550. The molecule has 0 unspecified atom stereocenters. The minimum absolute atomic E-state index is 0.0242. The van der Waals surface area contributed by atoms with Crippen LogP contribution in [-0.4, -0.2) is 220 Å². The summed E-state index contributed by atoms with van der Waals surface area (Å²) in [5.41, 5.74) is 12.0. The van der Waals surface area contributed by atoms with Crippen LogP contribution in [0.2, 0.25) is 0 Å². The highest BCUT2D eigenvalue weighted by atomic mass is 19.1. The third-order valence-electron chi connectivity index (χ3n) is 17.9. The van der Waals surface area contributed by atoms with Crippen LogP contribution >= 0.6 is 0 Å². The lowest BCUT2D eigenvalue weighted by atomic mass is 10.0. The number of nitrogens with one attached hydrogen (secondary N) is 7. The SMILES string of the molecule is CCN(CCN1CCCc2[nH]c(C=O)c(C)c2C1=O)C(=O)OC(C)(C)C.CCN(CCN1CCCc2[nH]cc(C)c2C1=O)C(=O)OC(C)(C)C.CCNCCN1CCCc2[nH]c(/C=C3\C(=O)Nc4ccc(F)cc43)c(C)c2C1=O.CCNCCN1CCCc2[nH]c(C=O)c(C)c2C1=O. The number of fused-ring (bicyclic) bond motifs is 5. The number of aldehydes is 2. The van der Waals surface area contributed by atoms with Gasteiger partial charge in [0, 0.05) is 138 Å². The van der Waals surface area contributed by atoms with Gasteiger partial charge in [-0.2, -0.15) is 0 Å². The van der Waals surface area contributed by atoms with Gasteiger partial charge in [-0.3, -0.25) is 33.6 Å². The fourth-order valence-electron chi connectivity index (χ4n) is 12.7. The van der Waals surface area contributed by atoms with E-state index < -0.39 is 17.0 Å². The van der Waals surface area contributed by atoms with Gasteiger partial charge in [0.2, 0.25) is 0 Å². The topological polar surface area (TPSA) is 291 Å². The summed E-state index contributed by atoms with van der Waals surface area (Å²) >= 11 is 0. The van der Waals surface area contributed by atoms with Gasteiger partial charge < -0.3 is 74.8 Å². The average molecular weight is 1360 g/mol. The highest BCUT2D eigenvalue weighted by Gasteiger charge is 2.34. The second-order valence-electron chi connectivity index (χ2n) is 27.2. The first-order valence-corrected chi connectivity index (χ1v) is 34.7. The van der Waals surface area contributed by atoms with Crippen molar-refractivity contribution in [3.05, 3.63) is 120 Å². The number of benzene rings is 1. The maximum atomic E-state index is 13.7. The maximum absolute atomic E-state index is 13.7. The molecule has 5 aliphatic heterocycles. The van der Waals surface area contributed by atoms with Crippen molar-refractivity contribution in [2.45, 2.75) is 160 Å². The number of carbonyl (C=O) groups is 9. The number of hydrogen-bond donors (Lipinski definition) is 7. The lowest BCUT2D eigenvalue weighted by molar-refractivity contribution is -0.110. The Morgan fingerprint density at radius 3 is 1.35 bits per heavy atom. The van der Waals surface area contributed by atoms with Gasteiger partial charge in [-0.1, -0.05) is 13.8 Å². The molecule has 98 heavy (non-hydrogen) atoms. The van der Waals surface area contributed by atoms with Crippen molar-refractivity contribution in [1.82, 2.24) is 60.0 Å². The van der Waals surface area contributed by atoms with E-state index in [4.69, 9.17) is 9.47 Å². The number of rotatable bonds is 19. The van der Waals surface area contributed by atoms with Crippen molar-refractivity contribution in [2.24, 2.45) is 0 Å². The van der Waals surface area contributed by atoms with Crippen molar-refractivity contribution in [3.8, 4) is 0 Å². The normalized spacial score (nSPS) is 15.7. The molecule has 0 bridgehead atoms. The summed E-state index contributed by atoms with van der Waals surface area (Å²) in [6.45, 7) is 37.0. The molecule has 5 aliphatic rings. The number of aromatic nitrogens is 4. The van der Waals surface area contributed by atoms with Crippen molar-refractivity contribution in [2.75, 3.05) is 110 Å². The van der Waals surface area contributed by atoms with Gasteiger partial charge >= 0.3 is 12.2 Å². The number of nitrogens with zero attached hydrogens (tertiary/aromatic N) is 6. The Labute approximate surface area is 575 Å². The molecule has 0 fully saturated rings. The lowest BCUT2D eigenvalue weighted by Crippen LogP contribution is -2.43. The summed E-state index contributed by atoms with van der Waals surface area (Å²) < 4.78 is 24.5. The minimum Gasteiger partial charge on any atom is -0.444 e. The Morgan fingerprint density at radius 1 is 0.561 bits per heavy atom. The molecule has 7 N–H and O–H groups in total. The number of amides is 7. The molecule has 534 valence electrons.